The van der Waals surface area contributed by atoms with Crippen LogP contribution in [-0.4, -0.2) is 33.3 Å². The topological polar surface area (TPSA) is 58.9 Å². The van der Waals surface area contributed by atoms with E-state index in [4.69, 9.17) is 9.99 Å². The number of aliphatic hydroxyl groups is 1. The molecule has 0 aromatic rings. The largest absolute Gasteiger partial charge is 0.386 e. The Kier molecular flexibility index (Phi) is 5.37. The van der Waals surface area contributed by atoms with Crippen LogP contribution in [0.3, 0.4) is 0 Å². The molecule has 0 amide bonds. The Hall–Kier alpha value is -0.680. The number of hydrogen-bond acceptors (Lipinski definition) is 4. The van der Waals surface area contributed by atoms with E-state index in [1.165, 1.54) is 0 Å². The summed E-state index contributed by atoms with van der Waals surface area (Å²) in [5.41, 5.74) is -1.58. The van der Waals surface area contributed by atoms with Gasteiger partial charge in [-0.25, -0.2) is 4.89 Å². The van der Waals surface area contributed by atoms with E-state index >= 15 is 0 Å². The van der Waals surface area contributed by atoms with Gasteiger partial charge in [0.1, 0.15) is 5.60 Å². The SMILES string of the molecule is C=C[C@@](C)(O)CCC1C2(C)CCC(O2)C1(C)C/C=C\C(C)(C)OO. The Morgan fingerprint density at radius 2 is 2.00 bits per heavy atom. The van der Waals surface area contributed by atoms with Crippen LogP contribution in [-0.2, 0) is 9.62 Å². The maximum Gasteiger partial charge on any atom is 0.116 e. The summed E-state index contributed by atoms with van der Waals surface area (Å²) in [5.74, 6) is 0.387. The average molecular weight is 338 g/mol. The van der Waals surface area contributed by atoms with Gasteiger partial charge in [-0.2, -0.15) is 0 Å². The molecule has 4 heteroatoms. The summed E-state index contributed by atoms with van der Waals surface area (Å²) >= 11 is 0. The number of rotatable bonds is 8. The van der Waals surface area contributed by atoms with Crippen molar-refractivity contribution in [2.45, 2.75) is 89.6 Å². The van der Waals surface area contributed by atoms with Crippen LogP contribution in [0.15, 0.2) is 24.8 Å². The van der Waals surface area contributed by atoms with Crippen LogP contribution in [0, 0.1) is 11.3 Å². The molecule has 0 aliphatic carbocycles. The highest BCUT2D eigenvalue weighted by molar-refractivity contribution is 5.13. The lowest BCUT2D eigenvalue weighted by atomic mass is 9.59. The fourth-order valence-electron chi connectivity index (χ4n) is 4.58. The van der Waals surface area contributed by atoms with E-state index < -0.39 is 11.2 Å². The summed E-state index contributed by atoms with van der Waals surface area (Å²) in [6.07, 6.45) is 10.5. The Morgan fingerprint density at radius 1 is 1.33 bits per heavy atom. The fourth-order valence-corrected chi connectivity index (χ4v) is 4.58. The van der Waals surface area contributed by atoms with Crippen molar-refractivity contribution in [2.75, 3.05) is 0 Å². The molecule has 4 nitrogen and oxygen atoms in total. The van der Waals surface area contributed by atoms with Crippen LogP contribution in [0.4, 0.5) is 0 Å². The van der Waals surface area contributed by atoms with E-state index in [0.717, 1.165) is 25.7 Å². The highest BCUT2D eigenvalue weighted by Crippen LogP contribution is 2.61. The van der Waals surface area contributed by atoms with Crippen LogP contribution in [0.2, 0.25) is 0 Å². The Labute approximate surface area is 146 Å². The van der Waals surface area contributed by atoms with Crippen LogP contribution in [0.1, 0.15) is 66.7 Å². The van der Waals surface area contributed by atoms with E-state index in [2.05, 4.69) is 31.4 Å². The third-order valence-corrected chi connectivity index (χ3v) is 6.27. The van der Waals surface area contributed by atoms with E-state index in [1.807, 2.05) is 26.8 Å². The molecular formula is C20H34O4. The van der Waals surface area contributed by atoms with Crippen molar-refractivity contribution in [1.29, 1.82) is 0 Å². The van der Waals surface area contributed by atoms with Crippen molar-refractivity contribution in [1.82, 2.24) is 0 Å². The number of fused-ring (bicyclic) bond motifs is 2. The smallest absolute Gasteiger partial charge is 0.116 e. The van der Waals surface area contributed by atoms with Gasteiger partial charge in [-0.05, 0) is 65.7 Å². The summed E-state index contributed by atoms with van der Waals surface area (Å²) in [5, 5.41) is 19.2. The molecule has 24 heavy (non-hydrogen) atoms. The van der Waals surface area contributed by atoms with Crippen molar-refractivity contribution in [2.24, 2.45) is 11.3 Å². The zero-order chi connectivity index (χ0) is 18.2. The van der Waals surface area contributed by atoms with Gasteiger partial charge in [0.05, 0.1) is 17.3 Å². The molecule has 0 spiro atoms. The molecule has 2 heterocycles. The maximum absolute atomic E-state index is 10.3. The van der Waals surface area contributed by atoms with E-state index in [1.54, 1.807) is 6.08 Å². The van der Waals surface area contributed by atoms with Gasteiger partial charge >= 0.3 is 0 Å². The summed E-state index contributed by atoms with van der Waals surface area (Å²) in [4.78, 5) is 4.49. The highest BCUT2D eigenvalue weighted by Gasteiger charge is 2.61. The quantitative estimate of drug-likeness (QED) is 0.389. The fraction of sp³-hybridized carbons (Fsp3) is 0.800. The van der Waals surface area contributed by atoms with Gasteiger partial charge in [0.15, 0.2) is 0 Å². The van der Waals surface area contributed by atoms with Gasteiger partial charge in [0, 0.05) is 5.41 Å². The Morgan fingerprint density at radius 3 is 2.58 bits per heavy atom. The molecule has 4 unspecified atom stereocenters. The zero-order valence-electron chi connectivity index (χ0n) is 15.8. The zero-order valence-corrected chi connectivity index (χ0v) is 15.8. The normalized spacial score (nSPS) is 38.6. The van der Waals surface area contributed by atoms with E-state index in [0.29, 0.717) is 12.3 Å². The van der Waals surface area contributed by atoms with Gasteiger partial charge in [-0.1, -0.05) is 25.2 Å². The van der Waals surface area contributed by atoms with Crippen molar-refractivity contribution < 1.29 is 20.0 Å². The maximum atomic E-state index is 10.3. The van der Waals surface area contributed by atoms with Crippen molar-refractivity contribution >= 4 is 0 Å². The first-order chi connectivity index (χ1) is 11.0. The van der Waals surface area contributed by atoms with Crippen molar-refractivity contribution in [3.63, 3.8) is 0 Å². The molecule has 2 aliphatic heterocycles. The summed E-state index contributed by atoms with van der Waals surface area (Å²) in [7, 11) is 0. The number of allylic oxidation sites excluding steroid dienone is 1. The molecular weight excluding hydrogens is 304 g/mol. The van der Waals surface area contributed by atoms with Crippen molar-refractivity contribution in [3.05, 3.63) is 24.8 Å². The van der Waals surface area contributed by atoms with E-state index in [-0.39, 0.29) is 17.1 Å². The second kappa shape index (κ2) is 6.56. The monoisotopic (exact) mass is 338 g/mol. The Bertz CT molecular complexity index is 496. The van der Waals surface area contributed by atoms with Crippen LogP contribution < -0.4 is 0 Å². The third-order valence-electron chi connectivity index (χ3n) is 6.27. The van der Waals surface area contributed by atoms with Crippen LogP contribution in [0.5, 0.6) is 0 Å². The highest BCUT2D eigenvalue weighted by atomic mass is 17.1. The summed E-state index contributed by atoms with van der Waals surface area (Å²) in [6, 6.07) is 0. The first kappa shape index (κ1) is 19.6. The van der Waals surface area contributed by atoms with Gasteiger partial charge in [-0.3, -0.25) is 5.26 Å². The lowest BCUT2D eigenvalue weighted by molar-refractivity contribution is -0.297. The molecule has 2 N–H and O–H groups in total. The molecule has 2 rings (SSSR count). The van der Waals surface area contributed by atoms with Gasteiger partial charge < -0.3 is 9.84 Å². The van der Waals surface area contributed by atoms with E-state index in [9.17, 15) is 5.11 Å². The Balaban J connectivity index is 2.14. The predicted molar refractivity (Wildman–Crippen MR) is 95.7 cm³/mol. The van der Waals surface area contributed by atoms with Crippen LogP contribution >= 0.6 is 0 Å². The molecule has 2 fully saturated rings. The number of ether oxygens (including phenoxy) is 1. The molecule has 0 aromatic heterocycles. The molecule has 0 radical (unpaired) electrons. The lowest BCUT2D eigenvalue weighted by Gasteiger charge is -2.42. The third kappa shape index (κ3) is 3.77. The molecule has 138 valence electrons. The molecule has 2 saturated heterocycles. The minimum atomic E-state index is -0.832. The molecule has 2 aliphatic rings. The van der Waals surface area contributed by atoms with Crippen LogP contribution in [0.25, 0.3) is 0 Å². The molecule has 0 saturated carbocycles. The number of hydrogen-bond donors (Lipinski definition) is 2. The second-order valence-electron chi connectivity index (χ2n) is 8.92. The van der Waals surface area contributed by atoms with Gasteiger partial charge in [0.25, 0.3) is 0 Å². The van der Waals surface area contributed by atoms with Gasteiger partial charge in [0.2, 0.25) is 0 Å². The minimum Gasteiger partial charge on any atom is -0.386 e. The summed E-state index contributed by atoms with van der Waals surface area (Å²) in [6.45, 7) is 13.7. The first-order valence-corrected chi connectivity index (χ1v) is 9.02. The lowest BCUT2D eigenvalue weighted by Crippen LogP contribution is -2.43. The van der Waals surface area contributed by atoms with Crippen molar-refractivity contribution in [3.8, 4) is 0 Å². The average Bonchev–Trinajstić information content (AvgIpc) is 2.98. The minimum absolute atomic E-state index is 0.0340. The molecule has 5 atom stereocenters. The van der Waals surface area contributed by atoms with Gasteiger partial charge in [-0.15, -0.1) is 6.58 Å². The summed E-state index contributed by atoms with van der Waals surface area (Å²) < 4.78 is 6.37. The molecule has 0 aromatic carbocycles. The predicted octanol–water partition coefficient (Wildman–Crippen LogP) is 4.49. The standard InChI is InChI=1S/C20H34O4/c1-7-18(4,21)13-9-15-19(5,12-8-11-17(2,3)24-22)16-10-14-20(15,6)23-16/h7-8,11,15-16,21-22H,1,9-10,12-14H2,2-6H3/b11-8-/t15?,16?,18-,19?,20?/m1/s1. The first-order valence-electron chi connectivity index (χ1n) is 9.02. The second-order valence-corrected chi connectivity index (χ2v) is 8.92. The molecule has 2 bridgehead atoms.